The van der Waals surface area contributed by atoms with Crippen LogP contribution in [-0.4, -0.2) is 45.4 Å². The van der Waals surface area contributed by atoms with E-state index in [9.17, 15) is 14.7 Å². The van der Waals surface area contributed by atoms with Crippen LogP contribution in [0.2, 0.25) is 0 Å². The number of rotatable bonds is 7. The van der Waals surface area contributed by atoms with Crippen molar-refractivity contribution in [2.24, 2.45) is 10.9 Å². The van der Waals surface area contributed by atoms with Gasteiger partial charge < -0.3 is 5.11 Å². The molecule has 32 heavy (non-hydrogen) atoms. The van der Waals surface area contributed by atoms with E-state index in [1.807, 2.05) is 12.1 Å². The average Bonchev–Trinajstić information content (AvgIpc) is 2.81. The Morgan fingerprint density at radius 1 is 1.00 bits per heavy atom. The van der Waals surface area contributed by atoms with Gasteiger partial charge in [-0.3, -0.25) is 19.7 Å². The second-order valence-electron chi connectivity index (χ2n) is 8.20. The maximum Gasteiger partial charge on any atom is 0.335 e. The quantitative estimate of drug-likeness (QED) is 0.562. The first-order valence-electron chi connectivity index (χ1n) is 11.0. The Bertz CT molecular complexity index is 1160. The van der Waals surface area contributed by atoms with Gasteiger partial charge in [-0.2, -0.15) is 0 Å². The van der Waals surface area contributed by atoms with E-state index >= 15 is 0 Å². The van der Waals surface area contributed by atoms with Crippen molar-refractivity contribution in [1.82, 2.24) is 14.5 Å². The largest absolute Gasteiger partial charge is 0.493 e. The van der Waals surface area contributed by atoms with Crippen molar-refractivity contribution < 1.29 is 5.11 Å². The molecule has 3 aromatic rings. The van der Waals surface area contributed by atoms with Crippen molar-refractivity contribution in [2.75, 3.05) is 19.6 Å². The molecule has 0 radical (unpaired) electrons. The minimum Gasteiger partial charge on any atom is -0.493 e. The van der Waals surface area contributed by atoms with E-state index in [0.717, 1.165) is 43.5 Å². The third kappa shape index (κ3) is 5.23. The molecule has 2 heterocycles. The van der Waals surface area contributed by atoms with Gasteiger partial charge in [0, 0.05) is 19.3 Å². The minimum absolute atomic E-state index is 0.00821. The lowest BCUT2D eigenvalue weighted by Crippen LogP contribution is -2.33. The number of likely N-dealkylation sites (tertiary alicyclic amines) is 1. The number of benzene rings is 2. The van der Waals surface area contributed by atoms with Gasteiger partial charge in [-0.05, 0) is 56.0 Å². The number of aliphatic imine (C=N–C) groups is 1. The molecule has 4 rings (SSSR count). The lowest BCUT2D eigenvalue weighted by Gasteiger charge is -2.31. The fourth-order valence-corrected chi connectivity index (χ4v) is 4.16. The zero-order valence-corrected chi connectivity index (χ0v) is 18.0. The predicted octanol–water partition coefficient (Wildman–Crippen LogP) is 2.95. The maximum atomic E-state index is 12.2. The first-order valence-corrected chi connectivity index (χ1v) is 11.0. The number of piperidine rings is 1. The molecule has 0 saturated carbocycles. The molecule has 0 unspecified atom stereocenters. The van der Waals surface area contributed by atoms with E-state index in [0.29, 0.717) is 18.2 Å². The molecule has 2 N–H and O–H groups in total. The van der Waals surface area contributed by atoms with Crippen LogP contribution in [0.1, 0.15) is 30.4 Å². The summed E-state index contributed by atoms with van der Waals surface area (Å²) >= 11 is 0. The summed E-state index contributed by atoms with van der Waals surface area (Å²) in [6.07, 6.45) is 4.57. The van der Waals surface area contributed by atoms with Gasteiger partial charge in [0.15, 0.2) is 0 Å². The highest BCUT2D eigenvalue weighted by Crippen LogP contribution is 2.22. The molecule has 1 fully saturated rings. The smallest absolute Gasteiger partial charge is 0.335 e. The molecule has 0 bridgehead atoms. The van der Waals surface area contributed by atoms with Crippen LogP contribution in [0.5, 0.6) is 5.88 Å². The van der Waals surface area contributed by atoms with Crippen LogP contribution in [0.15, 0.2) is 75.2 Å². The fourth-order valence-electron chi connectivity index (χ4n) is 4.16. The molecule has 1 aliphatic rings. The Morgan fingerprint density at radius 3 is 2.34 bits per heavy atom. The summed E-state index contributed by atoms with van der Waals surface area (Å²) in [7, 11) is 0. The van der Waals surface area contributed by atoms with E-state index in [1.165, 1.54) is 11.8 Å². The SMILES string of the molecule is O=c1[nH]c(=O)n(-c2ccccc2)c(O)c1C=NCCC1CCN(Cc2ccccc2)CC1. The number of hydrogen-bond donors (Lipinski definition) is 2. The first kappa shape index (κ1) is 21.8. The summed E-state index contributed by atoms with van der Waals surface area (Å²) < 4.78 is 1.07. The highest BCUT2D eigenvalue weighted by molar-refractivity contribution is 5.82. The molecule has 0 spiro atoms. The van der Waals surface area contributed by atoms with Crippen molar-refractivity contribution in [3.8, 4) is 11.6 Å². The van der Waals surface area contributed by atoms with Gasteiger partial charge >= 0.3 is 5.69 Å². The lowest BCUT2D eigenvalue weighted by molar-refractivity contribution is 0.173. The second kappa shape index (κ2) is 10.2. The van der Waals surface area contributed by atoms with Crippen LogP contribution < -0.4 is 11.2 Å². The Kier molecular flexibility index (Phi) is 6.97. The number of aromatic amines is 1. The van der Waals surface area contributed by atoms with Crippen molar-refractivity contribution in [1.29, 1.82) is 0 Å². The topological polar surface area (TPSA) is 90.7 Å². The number of aromatic hydroxyl groups is 1. The number of para-hydroxylation sites is 1. The number of H-pyrrole nitrogens is 1. The van der Waals surface area contributed by atoms with Crippen molar-refractivity contribution in [3.63, 3.8) is 0 Å². The standard InChI is InChI=1S/C25H28N4O3/c30-23-22(24(31)29(25(32)27-23)21-9-5-2-6-10-21)17-26-14-11-19-12-15-28(16-13-19)18-20-7-3-1-4-8-20/h1-10,17,19,31H,11-16,18H2,(H,27,30,32). The average molecular weight is 433 g/mol. The first-order chi connectivity index (χ1) is 15.6. The van der Waals surface area contributed by atoms with Gasteiger partial charge in [-0.15, -0.1) is 0 Å². The molecular weight excluding hydrogens is 404 g/mol. The summed E-state index contributed by atoms with van der Waals surface area (Å²) in [6.45, 7) is 3.72. The maximum absolute atomic E-state index is 12.2. The number of nitrogens with one attached hydrogen (secondary N) is 1. The molecular formula is C25H28N4O3. The third-order valence-electron chi connectivity index (χ3n) is 5.98. The van der Waals surface area contributed by atoms with Crippen LogP contribution in [0, 0.1) is 5.92 Å². The molecule has 0 atom stereocenters. The van der Waals surface area contributed by atoms with Gasteiger partial charge in [-0.25, -0.2) is 9.36 Å². The van der Waals surface area contributed by atoms with Gasteiger partial charge in [0.2, 0.25) is 5.88 Å². The van der Waals surface area contributed by atoms with Crippen LogP contribution in [-0.2, 0) is 6.54 Å². The van der Waals surface area contributed by atoms with E-state index in [4.69, 9.17) is 0 Å². The normalized spacial score (nSPS) is 15.4. The van der Waals surface area contributed by atoms with Crippen molar-refractivity contribution >= 4 is 6.21 Å². The van der Waals surface area contributed by atoms with E-state index in [2.05, 4.69) is 39.1 Å². The summed E-state index contributed by atoms with van der Waals surface area (Å²) in [5.74, 6) is 0.201. The molecule has 1 aromatic heterocycles. The van der Waals surface area contributed by atoms with Crippen LogP contribution in [0.3, 0.4) is 0 Å². The van der Waals surface area contributed by atoms with Gasteiger partial charge in [-0.1, -0.05) is 48.5 Å². The van der Waals surface area contributed by atoms with Gasteiger partial charge in [0.05, 0.1) is 5.69 Å². The second-order valence-corrected chi connectivity index (χ2v) is 8.20. The number of nitrogens with zero attached hydrogens (tertiary/aromatic N) is 3. The Balaban J connectivity index is 1.33. The van der Waals surface area contributed by atoms with E-state index < -0.39 is 17.1 Å². The molecule has 7 heteroatoms. The molecule has 0 aliphatic carbocycles. The minimum atomic E-state index is -0.682. The van der Waals surface area contributed by atoms with E-state index in [1.54, 1.807) is 24.3 Å². The highest BCUT2D eigenvalue weighted by Gasteiger charge is 2.19. The summed E-state index contributed by atoms with van der Waals surface area (Å²) in [5, 5.41) is 10.5. The highest BCUT2D eigenvalue weighted by atomic mass is 16.3. The molecule has 0 amide bonds. The number of hydrogen-bond acceptors (Lipinski definition) is 5. The molecule has 2 aromatic carbocycles. The lowest BCUT2D eigenvalue weighted by atomic mass is 9.93. The third-order valence-corrected chi connectivity index (χ3v) is 5.98. The molecule has 1 aliphatic heterocycles. The predicted molar refractivity (Wildman–Crippen MR) is 126 cm³/mol. The summed E-state index contributed by atoms with van der Waals surface area (Å²) in [5.41, 5.74) is 0.488. The van der Waals surface area contributed by atoms with Crippen molar-refractivity contribution in [3.05, 3.63) is 92.6 Å². The molecule has 7 nitrogen and oxygen atoms in total. The Labute approximate surface area is 186 Å². The zero-order chi connectivity index (χ0) is 22.3. The van der Waals surface area contributed by atoms with Gasteiger partial charge in [0.1, 0.15) is 5.56 Å². The van der Waals surface area contributed by atoms with Gasteiger partial charge in [0.25, 0.3) is 5.56 Å². The van der Waals surface area contributed by atoms with Crippen molar-refractivity contribution in [2.45, 2.75) is 25.8 Å². The van der Waals surface area contributed by atoms with E-state index in [-0.39, 0.29) is 5.56 Å². The Hall–Kier alpha value is -3.45. The summed E-state index contributed by atoms with van der Waals surface area (Å²) in [6, 6.07) is 19.2. The number of aromatic nitrogens is 2. The molecule has 166 valence electrons. The van der Waals surface area contributed by atoms with Crippen LogP contribution >= 0.6 is 0 Å². The monoisotopic (exact) mass is 432 g/mol. The Morgan fingerprint density at radius 2 is 1.66 bits per heavy atom. The fraction of sp³-hybridized carbons (Fsp3) is 0.320. The molecule has 1 saturated heterocycles. The summed E-state index contributed by atoms with van der Waals surface area (Å²) in [4.78, 5) is 33.5. The van der Waals surface area contributed by atoms with Crippen LogP contribution in [0.25, 0.3) is 5.69 Å². The van der Waals surface area contributed by atoms with Crippen LogP contribution in [0.4, 0.5) is 0 Å². The zero-order valence-electron chi connectivity index (χ0n) is 18.0.